The molecule has 0 aliphatic carbocycles. The van der Waals surface area contributed by atoms with Gasteiger partial charge in [-0.2, -0.15) is 4.98 Å². The van der Waals surface area contributed by atoms with Crippen molar-refractivity contribution < 1.29 is 4.52 Å². The molecule has 1 aromatic heterocycles. The van der Waals surface area contributed by atoms with Crippen LogP contribution in [0.4, 0.5) is 5.95 Å². The van der Waals surface area contributed by atoms with Crippen LogP contribution < -0.4 is 10.6 Å². The topological polar surface area (TPSA) is 71.4 Å². The monoisotopic (exact) mass is 287 g/mol. The molecule has 2 aromatic rings. The molecule has 6 nitrogen and oxygen atoms in total. The van der Waals surface area contributed by atoms with Gasteiger partial charge in [0.05, 0.1) is 6.04 Å². The molecule has 0 spiro atoms. The smallest absolute Gasteiger partial charge is 0.266 e. The highest BCUT2D eigenvalue weighted by Crippen LogP contribution is 2.18. The third-order valence-electron chi connectivity index (χ3n) is 3.83. The Balaban J connectivity index is 1.64. The van der Waals surface area contributed by atoms with E-state index < -0.39 is 0 Å². The molecule has 0 amide bonds. The van der Waals surface area contributed by atoms with E-state index in [2.05, 4.69) is 39.1 Å². The van der Waals surface area contributed by atoms with Crippen molar-refractivity contribution in [1.82, 2.24) is 15.0 Å². The van der Waals surface area contributed by atoms with Gasteiger partial charge in [-0.25, -0.2) is 0 Å². The Labute approximate surface area is 124 Å². The number of likely N-dealkylation sites (N-methyl/N-ethyl adjacent to an activating group) is 1. The Bertz CT molecular complexity index is 562. The number of hydrogen-bond donors (Lipinski definition) is 1. The van der Waals surface area contributed by atoms with E-state index in [1.54, 1.807) is 0 Å². The second-order valence-corrected chi connectivity index (χ2v) is 5.52. The summed E-state index contributed by atoms with van der Waals surface area (Å²) in [7, 11) is 2.12. The summed E-state index contributed by atoms with van der Waals surface area (Å²) < 4.78 is 5.34. The Hall–Kier alpha value is -1.92. The van der Waals surface area contributed by atoms with Crippen LogP contribution in [0.25, 0.3) is 0 Å². The van der Waals surface area contributed by atoms with Crippen molar-refractivity contribution >= 4 is 5.95 Å². The molecule has 0 bridgehead atoms. The van der Waals surface area contributed by atoms with Crippen molar-refractivity contribution in [2.24, 2.45) is 5.73 Å². The fourth-order valence-electron chi connectivity index (χ4n) is 2.47. The van der Waals surface area contributed by atoms with Crippen molar-refractivity contribution in [3.05, 3.63) is 41.8 Å². The number of rotatable bonds is 4. The van der Waals surface area contributed by atoms with Crippen LogP contribution in [0.5, 0.6) is 0 Å². The molecule has 1 saturated heterocycles. The molecule has 3 rings (SSSR count). The third-order valence-corrected chi connectivity index (χ3v) is 3.83. The van der Waals surface area contributed by atoms with E-state index in [1.807, 2.05) is 18.2 Å². The summed E-state index contributed by atoms with van der Waals surface area (Å²) in [6.45, 7) is 3.87. The van der Waals surface area contributed by atoms with Crippen molar-refractivity contribution in [2.75, 3.05) is 38.1 Å². The molecule has 2 heterocycles. The highest BCUT2D eigenvalue weighted by molar-refractivity contribution is 5.29. The minimum atomic E-state index is -0.263. The molecule has 1 aliphatic rings. The largest absolute Gasteiger partial charge is 0.336 e. The van der Waals surface area contributed by atoms with Crippen LogP contribution >= 0.6 is 0 Å². The van der Waals surface area contributed by atoms with Gasteiger partial charge in [0.15, 0.2) is 0 Å². The molecule has 1 aromatic carbocycles. The van der Waals surface area contributed by atoms with E-state index in [0.29, 0.717) is 18.3 Å². The van der Waals surface area contributed by atoms with Gasteiger partial charge in [-0.15, -0.1) is 0 Å². The number of nitrogens with two attached hydrogens (primary N) is 1. The second kappa shape index (κ2) is 6.24. The van der Waals surface area contributed by atoms with Crippen molar-refractivity contribution in [3.63, 3.8) is 0 Å². The first kappa shape index (κ1) is 14.0. The first-order valence-corrected chi connectivity index (χ1v) is 7.29. The van der Waals surface area contributed by atoms with Crippen LogP contribution in [0.1, 0.15) is 17.5 Å². The lowest BCUT2D eigenvalue weighted by molar-refractivity contribution is 0.308. The summed E-state index contributed by atoms with van der Waals surface area (Å²) in [5.74, 6) is 1.16. The zero-order valence-corrected chi connectivity index (χ0v) is 12.3. The summed E-state index contributed by atoms with van der Waals surface area (Å²) in [6, 6.07) is 9.85. The summed E-state index contributed by atoms with van der Waals surface area (Å²) in [5, 5.41) is 4.07. The SMILES string of the molecule is CN1CCN(c2noc([C@H](N)Cc3ccccc3)n2)CC1. The minimum absolute atomic E-state index is 0.263. The van der Waals surface area contributed by atoms with E-state index in [9.17, 15) is 0 Å². The standard InChI is InChI=1S/C15H21N5O/c1-19-7-9-20(10-8-19)15-17-14(21-18-15)13(16)11-12-5-3-2-4-6-12/h2-6,13H,7-11,16H2,1H3/t13-/m1/s1. The predicted octanol–water partition coefficient (Wildman–Crippen LogP) is 1.06. The van der Waals surface area contributed by atoms with Gasteiger partial charge >= 0.3 is 0 Å². The summed E-state index contributed by atoms with van der Waals surface area (Å²) in [6.07, 6.45) is 0.700. The van der Waals surface area contributed by atoms with Gasteiger partial charge in [-0.1, -0.05) is 30.3 Å². The molecule has 0 saturated carbocycles. The molecule has 112 valence electrons. The third kappa shape index (κ3) is 3.40. The van der Waals surface area contributed by atoms with Crippen LogP contribution in [-0.4, -0.2) is 48.3 Å². The highest BCUT2D eigenvalue weighted by Gasteiger charge is 2.21. The van der Waals surface area contributed by atoms with E-state index in [-0.39, 0.29) is 6.04 Å². The van der Waals surface area contributed by atoms with E-state index in [0.717, 1.165) is 26.2 Å². The number of anilines is 1. The number of benzene rings is 1. The average molecular weight is 287 g/mol. The molecule has 6 heteroatoms. The molecule has 1 aliphatic heterocycles. The second-order valence-electron chi connectivity index (χ2n) is 5.52. The van der Waals surface area contributed by atoms with Crippen LogP contribution in [0, 0.1) is 0 Å². The van der Waals surface area contributed by atoms with Gasteiger partial charge in [-0.05, 0) is 24.2 Å². The Kier molecular flexibility index (Phi) is 4.17. The lowest BCUT2D eigenvalue weighted by Gasteiger charge is -2.31. The van der Waals surface area contributed by atoms with E-state index in [4.69, 9.17) is 10.3 Å². The molecule has 21 heavy (non-hydrogen) atoms. The molecule has 0 unspecified atom stereocenters. The van der Waals surface area contributed by atoms with Crippen LogP contribution in [0.3, 0.4) is 0 Å². The minimum Gasteiger partial charge on any atom is -0.336 e. The van der Waals surface area contributed by atoms with Crippen LogP contribution in [0.2, 0.25) is 0 Å². The van der Waals surface area contributed by atoms with Gasteiger partial charge < -0.3 is 20.1 Å². The fraction of sp³-hybridized carbons (Fsp3) is 0.467. The van der Waals surface area contributed by atoms with Crippen molar-refractivity contribution in [2.45, 2.75) is 12.5 Å². The van der Waals surface area contributed by atoms with Gasteiger partial charge in [-0.3, -0.25) is 0 Å². The molecular formula is C15H21N5O. The maximum Gasteiger partial charge on any atom is 0.266 e. The molecule has 0 radical (unpaired) electrons. The molecule has 1 fully saturated rings. The van der Waals surface area contributed by atoms with Gasteiger partial charge in [0.25, 0.3) is 5.95 Å². The lowest BCUT2D eigenvalue weighted by atomic mass is 10.1. The fourth-order valence-corrected chi connectivity index (χ4v) is 2.47. The zero-order valence-electron chi connectivity index (χ0n) is 12.3. The molecular weight excluding hydrogens is 266 g/mol. The highest BCUT2D eigenvalue weighted by atomic mass is 16.5. The maximum absolute atomic E-state index is 6.17. The molecule has 2 N–H and O–H groups in total. The summed E-state index contributed by atoms with van der Waals surface area (Å²) in [4.78, 5) is 8.89. The van der Waals surface area contributed by atoms with Gasteiger partial charge in [0.1, 0.15) is 0 Å². The van der Waals surface area contributed by atoms with Gasteiger partial charge in [0, 0.05) is 26.2 Å². The Morgan fingerprint density at radius 2 is 1.90 bits per heavy atom. The number of nitrogens with zero attached hydrogens (tertiary/aromatic N) is 4. The Morgan fingerprint density at radius 3 is 2.62 bits per heavy atom. The first-order chi connectivity index (χ1) is 10.2. The van der Waals surface area contributed by atoms with Crippen molar-refractivity contribution in [3.8, 4) is 0 Å². The number of aromatic nitrogens is 2. The number of piperazine rings is 1. The molecule has 1 atom stereocenters. The number of hydrogen-bond acceptors (Lipinski definition) is 6. The van der Waals surface area contributed by atoms with Crippen molar-refractivity contribution in [1.29, 1.82) is 0 Å². The Morgan fingerprint density at radius 1 is 1.19 bits per heavy atom. The maximum atomic E-state index is 6.17. The summed E-state index contributed by atoms with van der Waals surface area (Å²) >= 11 is 0. The lowest BCUT2D eigenvalue weighted by Crippen LogP contribution is -2.44. The van der Waals surface area contributed by atoms with E-state index >= 15 is 0 Å². The van der Waals surface area contributed by atoms with Gasteiger partial charge in [0.2, 0.25) is 5.89 Å². The zero-order chi connectivity index (χ0) is 14.7. The predicted molar refractivity (Wildman–Crippen MR) is 81.1 cm³/mol. The van der Waals surface area contributed by atoms with Crippen LogP contribution in [0.15, 0.2) is 34.9 Å². The summed E-state index contributed by atoms with van der Waals surface area (Å²) in [5.41, 5.74) is 7.34. The van der Waals surface area contributed by atoms with Crippen LogP contribution in [-0.2, 0) is 6.42 Å². The normalized spacial score (nSPS) is 17.9. The van der Waals surface area contributed by atoms with E-state index in [1.165, 1.54) is 5.56 Å². The quantitative estimate of drug-likeness (QED) is 0.907. The first-order valence-electron chi connectivity index (χ1n) is 7.29. The average Bonchev–Trinajstić information content (AvgIpc) is 2.99.